The van der Waals surface area contributed by atoms with Crippen molar-refractivity contribution in [1.29, 1.82) is 0 Å². The van der Waals surface area contributed by atoms with Crippen molar-refractivity contribution in [2.75, 3.05) is 12.4 Å². The molecule has 0 bridgehead atoms. The molecule has 0 saturated heterocycles. The highest BCUT2D eigenvalue weighted by Gasteiger charge is 2.22. The van der Waals surface area contributed by atoms with Gasteiger partial charge in [0.25, 0.3) is 5.91 Å². The molecular weight excluding hydrogens is 244 g/mol. The zero-order chi connectivity index (χ0) is 12.0. The summed E-state index contributed by atoms with van der Waals surface area (Å²) >= 11 is 7.13. The number of hydrogen-bond donors (Lipinski definition) is 0. The third kappa shape index (κ3) is 3.19. The monoisotopic (exact) mass is 260 g/mol. The maximum Gasteiger partial charge on any atom is 0.265 e. The van der Waals surface area contributed by atoms with Gasteiger partial charge >= 0.3 is 0 Å². The normalized spacial score (nSPS) is 10.8. The first-order valence-corrected chi connectivity index (χ1v) is 6.91. The molecule has 1 rings (SSSR count). The lowest BCUT2D eigenvalue weighted by atomic mass is 10.1. The SMILES string of the molecule is CCC(CC)N(CCCl)C(=O)c1cncs1. The molecule has 0 aliphatic heterocycles. The predicted molar refractivity (Wildman–Crippen MR) is 68.2 cm³/mol. The van der Waals surface area contributed by atoms with Crippen LogP contribution in [-0.4, -0.2) is 34.3 Å². The van der Waals surface area contributed by atoms with E-state index in [1.807, 2.05) is 4.90 Å². The molecule has 3 nitrogen and oxygen atoms in total. The van der Waals surface area contributed by atoms with Crippen LogP contribution < -0.4 is 0 Å². The van der Waals surface area contributed by atoms with Crippen LogP contribution in [0.2, 0.25) is 0 Å². The summed E-state index contributed by atoms with van der Waals surface area (Å²) in [6, 6.07) is 0.272. The lowest BCUT2D eigenvalue weighted by molar-refractivity contribution is 0.0686. The molecule has 1 aromatic heterocycles. The molecule has 0 unspecified atom stereocenters. The lowest BCUT2D eigenvalue weighted by Gasteiger charge is -2.29. The fourth-order valence-electron chi connectivity index (χ4n) is 1.73. The van der Waals surface area contributed by atoms with E-state index in [2.05, 4.69) is 18.8 Å². The minimum Gasteiger partial charge on any atom is -0.334 e. The highest BCUT2D eigenvalue weighted by molar-refractivity contribution is 7.11. The van der Waals surface area contributed by atoms with Crippen molar-refractivity contribution in [3.8, 4) is 0 Å². The topological polar surface area (TPSA) is 33.2 Å². The fraction of sp³-hybridized carbons (Fsp3) is 0.636. The highest BCUT2D eigenvalue weighted by atomic mass is 35.5. The smallest absolute Gasteiger partial charge is 0.265 e. The Morgan fingerprint density at radius 3 is 2.69 bits per heavy atom. The third-order valence-electron chi connectivity index (χ3n) is 2.61. The van der Waals surface area contributed by atoms with Gasteiger partial charge in [-0.05, 0) is 12.8 Å². The van der Waals surface area contributed by atoms with Crippen LogP contribution in [0.4, 0.5) is 0 Å². The van der Waals surface area contributed by atoms with E-state index in [4.69, 9.17) is 11.6 Å². The van der Waals surface area contributed by atoms with Crippen molar-refractivity contribution in [3.05, 3.63) is 16.6 Å². The van der Waals surface area contributed by atoms with E-state index in [-0.39, 0.29) is 11.9 Å². The van der Waals surface area contributed by atoms with Crippen LogP contribution in [0.5, 0.6) is 0 Å². The van der Waals surface area contributed by atoms with Gasteiger partial charge in [-0.1, -0.05) is 13.8 Å². The molecule has 90 valence electrons. The summed E-state index contributed by atoms with van der Waals surface area (Å²) in [5.74, 6) is 0.526. The molecular formula is C11H17ClN2OS. The maximum absolute atomic E-state index is 12.2. The molecule has 0 saturated carbocycles. The highest BCUT2D eigenvalue weighted by Crippen LogP contribution is 2.16. The number of aromatic nitrogens is 1. The van der Waals surface area contributed by atoms with Crippen molar-refractivity contribution in [2.24, 2.45) is 0 Å². The van der Waals surface area contributed by atoms with Gasteiger partial charge in [-0.15, -0.1) is 22.9 Å². The molecule has 1 amide bonds. The number of alkyl halides is 1. The first kappa shape index (κ1) is 13.5. The number of thiazole rings is 1. The van der Waals surface area contributed by atoms with Crippen LogP contribution in [0, 0.1) is 0 Å². The number of halogens is 1. The second kappa shape index (κ2) is 6.86. The van der Waals surface area contributed by atoms with Gasteiger partial charge in [-0.3, -0.25) is 9.78 Å². The molecule has 5 heteroatoms. The van der Waals surface area contributed by atoms with E-state index < -0.39 is 0 Å². The van der Waals surface area contributed by atoms with Crippen LogP contribution in [0.15, 0.2) is 11.7 Å². The molecule has 0 fully saturated rings. The molecule has 0 spiro atoms. The summed E-state index contributed by atoms with van der Waals surface area (Å²) in [6.45, 7) is 4.79. The van der Waals surface area contributed by atoms with E-state index >= 15 is 0 Å². The van der Waals surface area contributed by atoms with E-state index in [0.29, 0.717) is 17.3 Å². The van der Waals surface area contributed by atoms with Crippen molar-refractivity contribution in [2.45, 2.75) is 32.7 Å². The van der Waals surface area contributed by atoms with E-state index in [1.165, 1.54) is 11.3 Å². The van der Waals surface area contributed by atoms with Gasteiger partial charge in [-0.2, -0.15) is 0 Å². The zero-order valence-corrected chi connectivity index (χ0v) is 11.2. The summed E-state index contributed by atoms with van der Waals surface area (Å²) in [4.78, 5) is 18.7. The Kier molecular flexibility index (Phi) is 5.77. The molecule has 0 aliphatic rings. The third-order valence-corrected chi connectivity index (χ3v) is 3.54. The second-order valence-electron chi connectivity index (χ2n) is 3.52. The Labute approximate surface area is 105 Å². The number of nitrogens with zero attached hydrogens (tertiary/aromatic N) is 2. The molecule has 0 atom stereocenters. The lowest BCUT2D eigenvalue weighted by Crippen LogP contribution is -2.40. The second-order valence-corrected chi connectivity index (χ2v) is 4.79. The summed E-state index contributed by atoms with van der Waals surface area (Å²) in [6.07, 6.45) is 3.53. The van der Waals surface area contributed by atoms with Gasteiger partial charge in [0.15, 0.2) is 0 Å². The Balaban J connectivity index is 2.80. The molecule has 0 radical (unpaired) electrons. The number of hydrogen-bond acceptors (Lipinski definition) is 3. The Morgan fingerprint density at radius 1 is 1.56 bits per heavy atom. The molecule has 0 aliphatic carbocycles. The maximum atomic E-state index is 12.2. The molecule has 0 aromatic carbocycles. The predicted octanol–water partition coefficient (Wildman–Crippen LogP) is 3.01. The molecule has 0 N–H and O–H groups in total. The van der Waals surface area contributed by atoms with Gasteiger partial charge in [0.2, 0.25) is 0 Å². The average Bonchev–Trinajstić information content (AvgIpc) is 2.82. The van der Waals surface area contributed by atoms with Crippen LogP contribution in [0.3, 0.4) is 0 Å². The molecule has 1 heterocycles. The van der Waals surface area contributed by atoms with Crippen LogP contribution in [0.1, 0.15) is 36.4 Å². The molecule has 1 aromatic rings. The summed E-state index contributed by atoms with van der Waals surface area (Å²) in [5, 5.41) is 0. The minimum absolute atomic E-state index is 0.0526. The number of amides is 1. The first-order valence-electron chi connectivity index (χ1n) is 5.50. The van der Waals surface area contributed by atoms with Crippen molar-refractivity contribution < 1.29 is 4.79 Å². The Hall–Kier alpha value is -0.610. The minimum atomic E-state index is 0.0526. The number of rotatable bonds is 6. The summed E-state index contributed by atoms with van der Waals surface area (Å²) in [7, 11) is 0. The van der Waals surface area contributed by atoms with Gasteiger partial charge in [-0.25, -0.2) is 0 Å². The number of carbonyl (C=O) groups excluding carboxylic acids is 1. The van der Waals surface area contributed by atoms with Crippen molar-refractivity contribution >= 4 is 28.8 Å². The van der Waals surface area contributed by atoms with Gasteiger partial charge in [0, 0.05) is 18.5 Å². The first-order chi connectivity index (χ1) is 7.74. The van der Waals surface area contributed by atoms with Crippen LogP contribution >= 0.6 is 22.9 Å². The zero-order valence-electron chi connectivity index (χ0n) is 9.65. The van der Waals surface area contributed by atoms with Crippen molar-refractivity contribution in [3.63, 3.8) is 0 Å². The van der Waals surface area contributed by atoms with E-state index in [1.54, 1.807) is 11.7 Å². The van der Waals surface area contributed by atoms with E-state index in [0.717, 1.165) is 12.8 Å². The summed E-state index contributed by atoms with van der Waals surface area (Å²) in [5.41, 5.74) is 1.68. The standard InChI is InChI=1S/C11H17ClN2OS/c1-3-9(4-2)14(6-5-12)11(15)10-7-13-8-16-10/h7-9H,3-6H2,1-2H3. The largest absolute Gasteiger partial charge is 0.334 e. The van der Waals surface area contributed by atoms with Crippen LogP contribution in [0.25, 0.3) is 0 Å². The number of carbonyl (C=O) groups is 1. The van der Waals surface area contributed by atoms with Crippen LogP contribution in [-0.2, 0) is 0 Å². The van der Waals surface area contributed by atoms with Crippen molar-refractivity contribution in [1.82, 2.24) is 9.88 Å². The average molecular weight is 261 g/mol. The quantitative estimate of drug-likeness (QED) is 0.737. The summed E-state index contributed by atoms with van der Waals surface area (Å²) < 4.78 is 0. The van der Waals surface area contributed by atoms with Gasteiger partial charge < -0.3 is 4.90 Å². The Bertz CT molecular complexity index is 312. The van der Waals surface area contributed by atoms with Gasteiger partial charge in [0.05, 0.1) is 11.7 Å². The molecule has 16 heavy (non-hydrogen) atoms. The fourth-order valence-corrected chi connectivity index (χ4v) is 2.49. The van der Waals surface area contributed by atoms with Gasteiger partial charge in [0.1, 0.15) is 4.88 Å². The van der Waals surface area contributed by atoms with E-state index in [9.17, 15) is 4.79 Å². The Morgan fingerprint density at radius 2 is 2.25 bits per heavy atom.